The number of rotatable bonds is 8. The molecule has 1 aliphatic carbocycles. The van der Waals surface area contributed by atoms with Crippen molar-refractivity contribution in [2.45, 2.75) is 40.2 Å². The van der Waals surface area contributed by atoms with Crippen molar-refractivity contribution < 1.29 is 0 Å². The lowest BCUT2D eigenvalue weighted by atomic mass is 10.1. The van der Waals surface area contributed by atoms with E-state index in [2.05, 4.69) is 52.1 Å². The van der Waals surface area contributed by atoms with Gasteiger partial charge in [0.05, 0.1) is 11.2 Å². The first-order valence-corrected chi connectivity index (χ1v) is 9.79. The number of aromatic nitrogens is 5. The Labute approximate surface area is 160 Å². The first-order valence-electron chi connectivity index (χ1n) is 9.79. The van der Waals surface area contributed by atoms with Crippen molar-refractivity contribution >= 4 is 22.8 Å². The molecule has 1 atom stereocenters. The van der Waals surface area contributed by atoms with E-state index >= 15 is 0 Å². The molecule has 1 fully saturated rings. The maximum absolute atomic E-state index is 4.75. The molecule has 1 unspecified atom stereocenters. The zero-order chi connectivity index (χ0) is 19.0. The number of fused-ring (bicyclic) bond motifs is 1. The van der Waals surface area contributed by atoms with Crippen LogP contribution < -0.4 is 10.6 Å². The lowest BCUT2D eigenvalue weighted by Crippen LogP contribution is -2.13. The van der Waals surface area contributed by atoms with Gasteiger partial charge in [0.25, 0.3) is 0 Å². The monoisotopic (exact) mass is 367 g/mol. The first kappa shape index (κ1) is 17.8. The van der Waals surface area contributed by atoms with E-state index in [1.165, 1.54) is 6.42 Å². The van der Waals surface area contributed by atoms with Crippen LogP contribution >= 0.6 is 0 Å². The maximum Gasteiger partial charge on any atom is 0.225 e. The Hall–Kier alpha value is -2.57. The second-order valence-corrected chi connectivity index (χ2v) is 8.17. The van der Waals surface area contributed by atoms with Crippen LogP contribution in [-0.4, -0.2) is 37.4 Å². The third-order valence-electron chi connectivity index (χ3n) is 5.64. The Balaban J connectivity index is 1.46. The lowest BCUT2D eigenvalue weighted by molar-refractivity contribution is 0.572. The molecule has 1 aliphatic rings. The molecule has 1 saturated carbocycles. The van der Waals surface area contributed by atoms with E-state index in [9.17, 15) is 0 Å². The number of nitrogens with zero attached hydrogens (tertiary/aromatic N) is 5. The van der Waals surface area contributed by atoms with Crippen LogP contribution in [0.5, 0.6) is 0 Å². The Morgan fingerprint density at radius 1 is 1.19 bits per heavy atom. The standard InChI is InChI=1S/C20H29N7/c1-5-27-11-7-15(25-27)6-9-21-18-17-16(8-10-26(17)4)23-19(24-18)22-13-14-12-20(14,2)3/h7-8,10-11,14H,5-6,9,12-13H2,1-4H3,(H2,21,22,23,24). The molecule has 0 bridgehead atoms. The quantitative estimate of drug-likeness (QED) is 0.639. The summed E-state index contributed by atoms with van der Waals surface area (Å²) in [4.78, 5) is 9.44. The maximum atomic E-state index is 4.75. The third kappa shape index (κ3) is 3.77. The average Bonchev–Trinajstić information content (AvgIpc) is 2.99. The van der Waals surface area contributed by atoms with Crippen molar-refractivity contribution in [3.05, 3.63) is 30.2 Å². The largest absolute Gasteiger partial charge is 0.368 e. The second kappa shape index (κ2) is 6.87. The van der Waals surface area contributed by atoms with E-state index in [4.69, 9.17) is 4.98 Å². The van der Waals surface area contributed by atoms with E-state index in [1.807, 2.05) is 30.2 Å². The highest BCUT2D eigenvalue weighted by Crippen LogP contribution is 2.51. The van der Waals surface area contributed by atoms with Gasteiger partial charge in [-0.1, -0.05) is 13.8 Å². The normalized spacial score (nSPS) is 18.0. The third-order valence-corrected chi connectivity index (χ3v) is 5.64. The van der Waals surface area contributed by atoms with Crippen molar-refractivity contribution in [2.24, 2.45) is 18.4 Å². The molecule has 7 nitrogen and oxygen atoms in total. The van der Waals surface area contributed by atoms with Crippen molar-refractivity contribution in [1.29, 1.82) is 0 Å². The van der Waals surface area contributed by atoms with Crippen molar-refractivity contribution in [3.8, 4) is 0 Å². The van der Waals surface area contributed by atoms with Gasteiger partial charge in [0.1, 0.15) is 5.52 Å². The number of aryl methyl sites for hydroxylation is 2. The van der Waals surface area contributed by atoms with Crippen LogP contribution in [0, 0.1) is 11.3 Å². The summed E-state index contributed by atoms with van der Waals surface area (Å²) in [6.07, 6.45) is 6.18. The predicted molar refractivity (Wildman–Crippen MR) is 109 cm³/mol. The van der Waals surface area contributed by atoms with Crippen molar-refractivity contribution in [2.75, 3.05) is 23.7 Å². The highest BCUT2D eigenvalue weighted by molar-refractivity contribution is 5.87. The van der Waals surface area contributed by atoms with Gasteiger partial charge in [-0.3, -0.25) is 4.68 Å². The summed E-state index contributed by atoms with van der Waals surface area (Å²) in [5, 5.41) is 11.5. The molecule has 0 saturated heterocycles. The van der Waals surface area contributed by atoms with E-state index < -0.39 is 0 Å². The molecule has 0 spiro atoms. The molecule has 0 radical (unpaired) electrons. The molecule has 3 aromatic rings. The molecule has 4 rings (SSSR count). The predicted octanol–water partition coefficient (Wildman–Crippen LogP) is 3.30. The van der Waals surface area contributed by atoms with Gasteiger partial charge in [-0.05, 0) is 36.8 Å². The van der Waals surface area contributed by atoms with E-state index in [0.29, 0.717) is 17.3 Å². The minimum absolute atomic E-state index is 0.451. The Morgan fingerprint density at radius 3 is 2.70 bits per heavy atom. The van der Waals surface area contributed by atoms with Crippen LogP contribution in [0.25, 0.3) is 11.0 Å². The van der Waals surface area contributed by atoms with Crippen molar-refractivity contribution in [3.63, 3.8) is 0 Å². The molecule has 2 N–H and O–H groups in total. The summed E-state index contributed by atoms with van der Waals surface area (Å²) in [7, 11) is 2.03. The van der Waals surface area contributed by atoms with Gasteiger partial charge < -0.3 is 15.2 Å². The SMILES string of the molecule is CCn1ccc(CCNc2nc(NCC3CC3(C)C)nc3ccn(C)c23)n1. The molecule has 3 aromatic heterocycles. The first-order chi connectivity index (χ1) is 13.0. The number of hydrogen-bond donors (Lipinski definition) is 2. The number of nitrogens with one attached hydrogen (secondary N) is 2. The fourth-order valence-corrected chi connectivity index (χ4v) is 3.56. The van der Waals surface area contributed by atoms with Gasteiger partial charge >= 0.3 is 0 Å². The summed E-state index contributed by atoms with van der Waals surface area (Å²) in [5.41, 5.74) is 3.54. The molecule has 3 heterocycles. The van der Waals surface area contributed by atoms with Gasteiger partial charge in [0.2, 0.25) is 5.95 Å². The van der Waals surface area contributed by atoms with Gasteiger partial charge in [0.15, 0.2) is 5.82 Å². The van der Waals surface area contributed by atoms with Gasteiger partial charge in [-0.15, -0.1) is 0 Å². The molecule has 27 heavy (non-hydrogen) atoms. The average molecular weight is 368 g/mol. The summed E-state index contributed by atoms with van der Waals surface area (Å²) in [6.45, 7) is 9.34. The molecule has 0 amide bonds. The fraction of sp³-hybridized carbons (Fsp3) is 0.550. The van der Waals surface area contributed by atoms with Crippen LogP contribution in [0.2, 0.25) is 0 Å². The molecular formula is C20H29N7. The second-order valence-electron chi connectivity index (χ2n) is 8.17. The van der Waals surface area contributed by atoms with Gasteiger partial charge in [0, 0.05) is 45.5 Å². The molecule has 144 valence electrons. The highest BCUT2D eigenvalue weighted by Gasteiger charge is 2.45. The van der Waals surface area contributed by atoms with Gasteiger partial charge in [-0.2, -0.15) is 10.1 Å². The van der Waals surface area contributed by atoms with E-state index in [1.54, 1.807) is 0 Å². The zero-order valence-electron chi connectivity index (χ0n) is 16.7. The topological polar surface area (TPSA) is 72.6 Å². The molecule has 0 aliphatic heterocycles. The van der Waals surface area contributed by atoms with Crippen LogP contribution in [0.3, 0.4) is 0 Å². The molecule has 0 aromatic carbocycles. The minimum atomic E-state index is 0.451. The van der Waals surface area contributed by atoms with Crippen LogP contribution in [0.1, 0.15) is 32.9 Å². The summed E-state index contributed by atoms with van der Waals surface area (Å²) in [6, 6.07) is 4.12. The number of hydrogen-bond acceptors (Lipinski definition) is 5. The van der Waals surface area contributed by atoms with Crippen LogP contribution in [0.15, 0.2) is 24.5 Å². The molecule has 7 heteroatoms. The fourth-order valence-electron chi connectivity index (χ4n) is 3.56. The summed E-state index contributed by atoms with van der Waals surface area (Å²) in [5.74, 6) is 2.28. The lowest BCUT2D eigenvalue weighted by Gasteiger charge is -2.11. The van der Waals surface area contributed by atoms with E-state index in [-0.39, 0.29) is 0 Å². The Bertz CT molecular complexity index is 937. The smallest absolute Gasteiger partial charge is 0.225 e. The number of anilines is 2. The Morgan fingerprint density at radius 2 is 2.00 bits per heavy atom. The van der Waals surface area contributed by atoms with Crippen molar-refractivity contribution in [1.82, 2.24) is 24.3 Å². The van der Waals surface area contributed by atoms with E-state index in [0.717, 1.165) is 48.6 Å². The molecular weight excluding hydrogens is 338 g/mol. The minimum Gasteiger partial charge on any atom is -0.368 e. The highest BCUT2D eigenvalue weighted by atomic mass is 15.3. The summed E-state index contributed by atoms with van der Waals surface area (Å²) < 4.78 is 4.02. The van der Waals surface area contributed by atoms with Crippen LogP contribution in [-0.2, 0) is 20.0 Å². The zero-order valence-corrected chi connectivity index (χ0v) is 16.7. The Kier molecular flexibility index (Phi) is 4.53. The van der Waals surface area contributed by atoms with Crippen LogP contribution in [0.4, 0.5) is 11.8 Å². The summed E-state index contributed by atoms with van der Waals surface area (Å²) >= 11 is 0. The van der Waals surface area contributed by atoms with Gasteiger partial charge in [-0.25, -0.2) is 4.98 Å².